The summed E-state index contributed by atoms with van der Waals surface area (Å²) in [4.78, 5) is 7.05. The number of imidazole rings is 1. The lowest BCUT2D eigenvalue weighted by molar-refractivity contribution is 0.682. The Morgan fingerprint density at radius 3 is 2.63 bits per heavy atom. The van der Waals surface area contributed by atoms with Gasteiger partial charge in [0, 0.05) is 31.2 Å². The van der Waals surface area contributed by atoms with E-state index in [9.17, 15) is 0 Å². The van der Waals surface area contributed by atoms with E-state index in [-0.39, 0.29) is 0 Å². The van der Waals surface area contributed by atoms with Gasteiger partial charge in [0.2, 0.25) is 0 Å². The third-order valence-corrected chi connectivity index (χ3v) is 2.97. The van der Waals surface area contributed by atoms with E-state index >= 15 is 0 Å². The zero-order chi connectivity index (χ0) is 12.9. The Kier molecular flexibility index (Phi) is 3.38. The molecule has 3 aromatic rings. The van der Waals surface area contributed by atoms with Crippen LogP contribution in [0.4, 0.5) is 0 Å². The summed E-state index contributed by atoms with van der Waals surface area (Å²) in [5.41, 5.74) is 4.53. The van der Waals surface area contributed by atoms with E-state index in [4.69, 9.17) is 0 Å². The molecule has 19 heavy (non-hydrogen) atoms. The second-order valence-electron chi connectivity index (χ2n) is 4.35. The van der Waals surface area contributed by atoms with Crippen LogP contribution in [-0.2, 0) is 13.1 Å². The number of aromatic amines is 2. The summed E-state index contributed by atoms with van der Waals surface area (Å²) in [5.74, 6) is 0. The van der Waals surface area contributed by atoms with Crippen molar-refractivity contribution < 1.29 is 0 Å². The molecule has 1 aromatic carbocycles. The molecule has 0 amide bonds. The maximum absolute atomic E-state index is 3.98. The Hall–Kier alpha value is -2.40. The first-order chi connectivity index (χ1) is 9.42. The summed E-state index contributed by atoms with van der Waals surface area (Å²) in [6.07, 6.45) is 5.28. The van der Waals surface area contributed by atoms with Crippen LogP contribution >= 0.6 is 0 Å². The van der Waals surface area contributed by atoms with Gasteiger partial charge in [0.05, 0.1) is 12.0 Å². The van der Waals surface area contributed by atoms with E-state index in [0.29, 0.717) is 0 Å². The standard InChI is InChI=1S/C14H15N5/c1-3-12(14-5-6-18-19-14)4-2-11(1)7-15-8-13-9-16-10-17-13/h1-6,9-10,15H,7-8H2,(H,16,17)(H,18,19). The number of rotatable bonds is 5. The molecule has 5 nitrogen and oxygen atoms in total. The van der Waals surface area contributed by atoms with Crippen molar-refractivity contribution in [2.45, 2.75) is 13.1 Å². The molecular weight excluding hydrogens is 238 g/mol. The fraction of sp³-hybridized carbons (Fsp3) is 0.143. The highest BCUT2D eigenvalue weighted by Crippen LogP contribution is 2.16. The van der Waals surface area contributed by atoms with Crippen LogP contribution in [-0.4, -0.2) is 20.2 Å². The maximum Gasteiger partial charge on any atom is 0.0922 e. The van der Waals surface area contributed by atoms with E-state index in [0.717, 1.165) is 30.0 Å². The zero-order valence-electron chi connectivity index (χ0n) is 10.4. The monoisotopic (exact) mass is 253 g/mol. The first-order valence-electron chi connectivity index (χ1n) is 6.18. The highest BCUT2D eigenvalue weighted by Gasteiger charge is 1.99. The van der Waals surface area contributed by atoms with Gasteiger partial charge in [-0.05, 0) is 17.2 Å². The Bertz CT molecular complexity index is 596. The lowest BCUT2D eigenvalue weighted by Crippen LogP contribution is -2.12. The molecule has 0 aliphatic rings. The minimum Gasteiger partial charge on any atom is -0.347 e. The molecule has 2 heterocycles. The highest BCUT2D eigenvalue weighted by molar-refractivity contribution is 5.58. The van der Waals surface area contributed by atoms with Crippen LogP contribution in [0.5, 0.6) is 0 Å². The fourth-order valence-electron chi connectivity index (χ4n) is 1.94. The molecule has 0 atom stereocenters. The summed E-state index contributed by atoms with van der Waals surface area (Å²) in [5, 5.41) is 10.3. The van der Waals surface area contributed by atoms with Crippen LogP contribution in [0.15, 0.2) is 49.1 Å². The molecular formula is C14H15N5. The molecule has 5 heteroatoms. The predicted octanol–water partition coefficient (Wildman–Crippen LogP) is 2.09. The summed E-state index contributed by atoms with van der Waals surface area (Å²) in [6.45, 7) is 1.63. The van der Waals surface area contributed by atoms with E-state index in [1.807, 2.05) is 12.3 Å². The molecule has 3 rings (SSSR count). The molecule has 0 unspecified atom stereocenters. The van der Waals surface area contributed by atoms with Crippen LogP contribution in [0, 0.1) is 0 Å². The fourth-order valence-corrected chi connectivity index (χ4v) is 1.94. The van der Waals surface area contributed by atoms with Crippen molar-refractivity contribution in [2.75, 3.05) is 0 Å². The third-order valence-electron chi connectivity index (χ3n) is 2.97. The topological polar surface area (TPSA) is 69.4 Å². The van der Waals surface area contributed by atoms with Crippen molar-refractivity contribution in [3.63, 3.8) is 0 Å². The highest BCUT2D eigenvalue weighted by atomic mass is 15.1. The molecule has 3 N–H and O–H groups in total. The van der Waals surface area contributed by atoms with Crippen LogP contribution in [0.3, 0.4) is 0 Å². The minimum absolute atomic E-state index is 0.794. The van der Waals surface area contributed by atoms with Crippen LogP contribution in [0.25, 0.3) is 11.3 Å². The number of nitrogens with one attached hydrogen (secondary N) is 3. The average Bonchev–Trinajstić information content (AvgIpc) is 3.13. The number of aromatic nitrogens is 4. The van der Waals surface area contributed by atoms with Crippen LogP contribution in [0.2, 0.25) is 0 Å². The van der Waals surface area contributed by atoms with E-state index in [1.54, 1.807) is 12.5 Å². The number of nitrogens with zero attached hydrogens (tertiary/aromatic N) is 2. The molecule has 0 saturated heterocycles. The van der Waals surface area contributed by atoms with Gasteiger partial charge in [0.15, 0.2) is 0 Å². The Balaban J connectivity index is 1.57. The SMILES string of the molecule is c1cc(-c2ccc(CNCc3cnc[nH]3)cc2)[nH]n1. The Labute approximate surface area is 111 Å². The van der Waals surface area contributed by atoms with E-state index in [1.165, 1.54) is 5.56 Å². The lowest BCUT2D eigenvalue weighted by atomic mass is 10.1. The molecule has 2 aromatic heterocycles. The van der Waals surface area contributed by atoms with E-state index in [2.05, 4.69) is 49.7 Å². The van der Waals surface area contributed by atoms with Crippen LogP contribution in [0.1, 0.15) is 11.3 Å². The van der Waals surface area contributed by atoms with Crippen molar-refractivity contribution in [3.05, 3.63) is 60.3 Å². The molecule has 0 fully saturated rings. The number of hydrogen-bond donors (Lipinski definition) is 3. The zero-order valence-corrected chi connectivity index (χ0v) is 10.4. The van der Waals surface area contributed by atoms with Gasteiger partial charge in [0.1, 0.15) is 0 Å². The maximum atomic E-state index is 3.98. The number of H-pyrrole nitrogens is 2. The molecule has 96 valence electrons. The third kappa shape index (κ3) is 2.89. The van der Waals surface area contributed by atoms with Gasteiger partial charge in [-0.15, -0.1) is 0 Å². The van der Waals surface area contributed by atoms with Gasteiger partial charge in [-0.1, -0.05) is 24.3 Å². The van der Waals surface area contributed by atoms with Crippen molar-refractivity contribution in [3.8, 4) is 11.3 Å². The quantitative estimate of drug-likeness (QED) is 0.652. The molecule has 0 bridgehead atoms. The lowest BCUT2D eigenvalue weighted by Gasteiger charge is -2.04. The van der Waals surface area contributed by atoms with Gasteiger partial charge in [-0.2, -0.15) is 5.10 Å². The summed E-state index contributed by atoms with van der Waals surface area (Å²) in [6, 6.07) is 10.4. The summed E-state index contributed by atoms with van der Waals surface area (Å²) in [7, 11) is 0. The largest absolute Gasteiger partial charge is 0.347 e. The van der Waals surface area contributed by atoms with Gasteiger partial charge in [0.25, 0.3) is 0 Å². The van der Waals surface area contributed by atoms with Gasteiger partial charge in [-0.3, -0.25) is 5.10 Å². The van der Waals surface area contributed by atoms with Crippen LogP contribution < -0.4 is 5.32 Å². The summed E-state index contributed by atoms with van der Waals surface area (Å²) >= 11 is 0. The first kappa shape index (κ1) is 11.7. The molecule has 0 radical (unpaired) electrons. The average molecular weight is 253 g/mol. The Morgan fingerprint density at radius 1 is 1.05 bits per heavy atom. The van der Waals surface area contributed by atoms with Crippen molar-refractivity contribution in [1.29, 1.82) is 0 Å². The smallest absolute Gasteiger partial charge is 0.0922 e. The second kappa shape index (κ2) is 5.49. The van der Waals surface area contributed by atoms with E-state index < -0.39 is 0 Å². The van der Waals surface area contributed by atoms with Gasteiger partial charge >= 0.3 is 0 Å². The predicted molar refractivity (Wildman–Crippen MR) is 73.2 cm³/mol. The Morgan fingerprint density at radius 2 is 1.95 bits per heavy atom. The number of hydrogen-bond acceptors (Lipinski definition) is 3. The molecule has 0 saturated carbocycles. The first-order valence-corrected chi connectivity index (χ1v) is 6.18. The molecule has 0 aliphatic carbocycles. The summed E-state index contributed by atoms with van der Waals surface area (Å²) < 4.78 is 0. The van der Waals surface area contributed by atoms with Crippen molar-refractivity contribution >= 4 is 0 Å². The normalized spacial score (nSPS) is 10.7. The van der Waals surface area contributed by atoms with Crippen molar-refractivity contribution in [1.82, 2.24) is 25.5 Å². The van der Waals surface area contributed by atoms with Crippen molar-refractivity contribution in [2.24, 2.45) is 0 Å². The van der Waals surface area contributed by atoms with Gasteiger partial charge in [-0.25, -0.2) is 4.98 Å². The minimum atomic E-state index is 0.794. The number of benzene rings is 1. The van der Waals surface area contributed by atoms with Gasteiger partial charge < -0.3 is 10.3 Å². The molecule has 0 spiro atoms. The second-order valence-corrected chi connectivity index (χ2v) is 4.35. The molecule has 0 aliphatic heterocycles.